The number of benzene rings is 1. The summed E-state index contributed by atoms with van der Waals surface area (Å²) in [5.74, 6) is 0.596. The lowest BCUT2D eigenvalue weighted by Crippen LogP contribution is -2.32. The van der Waals surface area contributed by atoms with Gasteiger partial charge in [-0.1, -0.05) is 32.0 Å². The molecule has 0 radical (unpaired) electrons. The van der Waals surface area contributed by atoms with Gasteiger partial charge in [0.25, 0.3) is 0 Å². The molecular formula is C17H28N2. The average molecular weight is 260 g/mol. The number of hydrogen-bond donors (Lipinski definition) is 1. The second-order valence-corrected chi connectivity index (χ2v) is 6.43. The molecule has 1 aliphatic rings. The maximum atomic E-state index is 3.67. The van der Waals surface area contributed by atoms with E-state index in [2.05, 4.69) is 63.3 Å². The highest BCUT2D eigenvalue weighted by Crippen LogP contribution is 2.27. The van der Waals surface area contributed by atoms with Crippen LogP contribution in [0.2, 0.25) is 0 Å². The molecule has 1 unspecified atom stereocenters. The van der Waals surface area contributed by atoms with Gasteiger partial charge in [-0.2, -0.15) is 0 Å². The number of nitrogens with one attached hydrogen (secondary N) is 1. The second-order valence-electron chi connectivity index (χ2n) is 6.43. The first kappa shape index (κ1) is 14.5. The lowest BCUT2D eigenvalue weighted by molar-refractivity contribution is 0.287. The molecule has 1 saturated carbocycles. The molecule has 0 spiro atoms. The van der Waals surface area contributed by atoms with Gasteiger partial charge in [0, 0.05) is 18.6 Å². The van der Waals surface area contributed by atoms with Crippen LogP contribution in [0, 0.1) is 6.92 Å². The van der Waals surface area contributed by atoms with Crippen LogP contribution < -0.4 is 5.32 Å². The zero-order chi connectivity index (χ0) is 14.0. The molecule has 1 fully saturated rings. The Bertz CT molecular complexity index is 419. The van der Waals surface area contributed by atoms with Crippen molar-refractivity contribution in [3.05, 3.63) is 34.9 Å². The predicted octanol–water partition coefficient (Wildman–Crippen LogP) is 3.47. The zero-order valence-corrected chi connectivity index (χ0v) is 13.0. The normalized spacial score (nSPS) is 17.2. The summed E-state index contributed by atoms with van der Waals surface area (Å²) in [5, 5.41) is 3.67. The van der Waals surface area contributed by atoms with Crippen molar-refractivity contribution >= 4 is 0 Å². The molecule has 0 heterocycles. The largest absolute Gasteiger partial charge is 0.312 e. The molecule has 1 aromatic rings. The SMILES string of the molecule is Cc1ccc(C(C)C)cc1C(CNC1CC1)N(C)C. The van der Waals surface area contributed by atoms with E-state index in [0.29, 0.717) is 12.0 Å². The smallest absolute Gasteiger partial charge is 0.0469 e. The number of hydrogen-bond acceptors (Lipinski definition) is 2. The van der Waals surface area contributed by atoms with Crippen molar-refractivity contribution in [2.24, 2.45) is 0 Å². The Kier molecular flexibility index (Phi) is 4.64. The molecule has 106 valence electrons. The van der Waals surface area contributed by atoms with Crippen LogP contribution in [0.1, 0.15) is 55.3 Å². The molecule has 1 atom stereocenters. The fraction of sp³-hybridized carbons (Fsp3) is 0.647. The van der Waals surface area contributed by atoms with E-state index < -0.39 is 0 Å². The quantitative estimate of drug-likeness (QED) is 0.842. The van der Waals surface area contributed by atoms with Gasteiger partial charge in [-0.15, -0.1) is 0 Å². The molecule has 2 nitrogen and oxygen atoms in total. The molecule has 0 aromatic heterocycles. The predicted molar refractivity (Wildman–Crippen MR) is 82.7 cm³/mol. The van der Waals surface area contributed by atoms with Gasteiger partial charge in [-0.05, 0) is 56.5 Å². The average Bonchev–Trinajstić information content (AvgIpc) is 3.14. The minimum atomic E-state index is 0.472. The summed E-state index contributed by atoms with van der Waals surface area (Å²) < 4.78 is 0. The number of likely N-dealkylation sites (N-methyl/N-ethyl adjacent to an activating group) is 1. The molecule has 0 aliphatic heterocycles. The Morgan fingerprint density at radius 3 is 2.47 bits per heavy atom. The number of aryl methyl sites for hydroxylation is 1. The molecule has 0 amide bonds. The Labute approximate surface area is 118 Å². The van der Waals surface area contributed by atoms with Gasteiger partial charge in [0.1, 0.15) is 0 Å². The summed E-state index contributed by atoms with van der Waals surface area (Å²) in [6, 6.07) is 8.19. The van der Waals surface area contributed by atoms with Gasteiger partial charge < -0.3 is 10.2 Å². The molecule has 1 N–H and O–H groups in total. The Hall–Kier alpha value is -0.860. The third-order valence-electron chi connectivity index (χ3n) is 4.13. The van der Waals surface area contributed by atoms with Crippen LogP contribution in [0.15, 0.2) is 18.2 Å². The van der Waals surface area contributed by atoms with Crippen LogP contribution in [0.4, 0.5) is 0 Å². The molecule has 2 rings (SSSR count). The van der Waals surface area contributed by atoms with Crippen molar-refractivity contribution in [1.29, 1.82) is 0 Å². The molecule has 1 aliphatic carbocycles. The summed E-state index contributed by atoms with van der Waals surface area (Å²) in [4.78, 5) is 2.34. The van der Waals surface area contributed by atoms with E-state index >= 15 is 0 Å². The van der Waals surface area contributed by atoms with Crippen LogP contribution in [0.25, 0.3) is 0 Å². The Morgan fingerprint density at radius 2 is 1.95 bits per heavy atom. The first-order valence-corrected chi connectivity index (χ1v) is 7.49. The highest BCUT2D eigenvalue weighted by molar-refractivity contribution is 5.35. The minimum Gasteiger partial charge on any atom is -0.312 e. The van der Waals surface area contributed by atoms with E-state index in [1.807, 2.05) is 0 Å². The minimum absolute atomic E-state index is 0.472. The maximum Gasteiger partial charge on any atom is 0.0469 e. The summed E-state index contributed by atoms with van der Waals surface area (Å²) in [6.07, 6.45) is 2.70. The third kappa shape index (κ3) is 3.80. The lowest BCUT2D eigenvalue weighted by atomic mass is 9.93. The Morgan fingerprint density at radius 1 is 1.26 bits per heavy atom. The fourth-order valence-corrected chi connectivity index (χ4v) is 2.51. The fourth-order valence-electron chi connectivity index (χ4n) is 2.51. The first-order chi connectivity index (χ1) is 8.99. The van der Waals surface area contributed by atoms with E-state index in [0.717, 1.165) is 12.6 Å². The van der Waals surface area contributed by atoms with E-state index in [9.17, 15) is 0 Å². The van der Waals surface area contributed by atoms with Gasteiger partial charge in [-0.25, -0.2) is 0 Å². The second kappa shape index (κ2) is 6.06. The van der Waals surface area contributed by atoms with E-state index in [1.54, 1.807) is 0 Å². The van der Waals surface area contributed by atoms with E-state index in [-0.39, 0.29) is 0 Å². The van der Waals surface area contributed by atoms with Gasteiger partial charge in [-0.3, -0.25) is 0 Å². The van der Waals surface area contributed by atoms with Gasteiger partial charge in [0.15, 0.2) is 0 Å². The molecule has 19 heavy (non-hydrogen) atoms. The monoisotopic (exact) mass is 260 g/mol. The number of nitrogens with zero attached hydrogens (tertiary/aromatic N) is 1. The van der Waals surface area contributed by atoms with Crippen molar-refractivity contribution in [1.82, 2.24) is 10.2 Å². The summed E-state index contributed by atoms with van der Waals surface area (Å²) in [6.45, 7) is 7.82. The van der Waals surface area contributed by atoms with Crippen LogP contribution >= 0.6 is 0 Å². The topological polar surface area (TPSA) is 15.3 Å². The van der Waals surface area contributed by atoms with Crippen LogP contribution in [-0.4, -0.2) is 31.6 Å². The lowest BCUT2D eigenvalue weighted by Gasteiger charge is -2.27. The summed E-state index contributed by atoms with van der Waals surface area (Å²) in [7, 11) is 4.36. The molecular weight excluding hydrogens is 232 g/mol. The highest BCUT2D eigenvalue weighted by Gasteiger charge is 2.24. The van der Waals surface area contributed by atoms with Crippen molar-refractivity contribution in [2.45, 2.75) is 51.6 Å². The Balaban J connectivity index is 2.20. The molecule has 1 aromatic carbocycles. The van der Waals surface area contributed by atoms with Gasteiger partial charge >= 0.3 is 0 Å². The van der Waals surface area contributed by atoms with Gasteiger partial charge in [0.05, 0.1) is 0 Å². The first-order valence-electron chi connectivity index (χ1n) is 7.49. The molecule has 0 saturated heterocycles. The molecule has 0 bridgehead atoms. The maximum absolute atomic E-state index is 3.67. The van der Waals surface area contributed by atoms with Crippen LogP contribution in [0.3, 0.4) is 0 Å². The van der Waals surface area contributed by atoms with E-state index in [4.69, 9.17) is 0 Å². The van der Waals surface area contributed by atoms with Crippen molar-refractivity contribution in [3.8, 4) is 0 Å². The summed E-state index contributed by atoms with van der Waals surface area (Å²) in [5.41, 5.74) is 4.32. The van der Waals surface area contributed by atoms with Crippen molar-refractivity contribution in [2.75, 3.05) is 20.6 Å². The van der Waals surface area contributed by atoms with E-state index in [1.165, 1.54) is 29.5 Å². The summed E-state index contributed by atoms with van der Waals surface area (Å²) >= 11 is 0. The van der Waals surface area contributed by atoms with Crippen LogP contribution in [0.5, 0.6) is 0 Å². The van der Waals surface area contributed by atoms with Crippen molar-refractivity contribution in [3.63, 3.8) is 0 Å². The number of rotatable bonds is 6. The third-order valence-corrected chi connectivity index (χ3v) is 4.13. The highest BCUT2D eigenvalue weighted by atomic mass is 15.1. The zero-order valence-electron chi connectivity index (χ0n) is 13.0. The van der Waals surface area contributed by atoms with Crippen molar-refractivity contribution < 1.29 is 0 Å². The standard InChI is InChI=1S/C17H28N2/c1-12(2)14-7-6-13(3)16(10-14)17(19(4)5)11-18-15-8-9-15/h6-7,10,12,15,17-18H,8-9,11H2,1-5H3. The van der Waals surface area contributed by atoms with Gasteiger partial charge in [0.2, 0.25) is 0 Å². The van der Waals surface area contributed by atoms with Crippen LogP contribution in [-0.2, 0) is 0 Å². The molecule has 2 heteroatoms.